The first-order valence-corrected chi connectivity index (χ1v) is 7.16. The Kier molecular flexibility index (Phi) is 5.12. The van der Waals surface area contributed by atoms with E-state index < -0.39 is 0 Å². The van der Waals surface area contributed by atoms with Crippen LogP contribution in [0.15, 0.2) is 36.5 Å². The van der Waals surface area contributed by atoms with E-state index in [2.05, 4.69) is 34.8 Å². The topological polar surface area (TPSA) is 41.9 Å². The van der Waals surface area contributed by atoms with Gasteiger partial charge in [-0.1, -0.05) is 12.1 Å². The molecule has 0 saturated carbocycles. The number of thiocarbonyl (C=S) groups is 1. The highest BCUT2D eigenvalue weighted by molar-refractivity contribution is 7.80. The van der Waals surface area contributed by atoms with E-state index in [1.165, 1.54) is 5.56 Å². The number of anilines is 1. The first-order valence-electron chi connectivity index (χ1n) is 6.75. The summed E-state index contributed by atoms with van der Waals surface area (Å²) in [6, 6.07) is 10.2. The summed E-state index contributed by atoms with van der Waals surface area (Å²) in [5.41, 5.74) is 3.28. The zero-order valence-electron chi connectivity index (χ0n) is 11.9. The van der Waals surface area contributed by atoms with E-state index in [1.54, 1.807) is 0 Å². The van der Waals surface area contributed by atoms with Gasteiger partial charge >= 0.3 is 0 Å². The maximum Gasteiger partial charge on any atom is 0.170 e. The summed E-state index contributed by atoms with van der Waals surface area (Å²) in [5.74, 6) is 0. The van der Waals surface area contributed by atoms with Crippen molar-refractivity contribution in [3.63, 3.8) is 0 Å². The van der Waals surface area contributed by atoms with Gasteiger partial charge in [0.25, 0.3) is 0 Å². The summed E-state index contributed by atoms with van der Waals surface area (Å²) in [5, 5.41) is 11.4. The van der Waals surface area contributed by atoms with Crippen molar-refractivity contribution in [3.8, 4) is 0 Å². The van der Waals surface area contributed by atoms with Crippen LogP contribution in [-0.4, -0.2) is 21.4 Å². The minimum absolute atomic E-state index is 0.659. The summed E-state index contributed by atoms with van der Waals surface area (Å²) in [7, 11) is 0. The van der Waals surface area contributed by atoms with Gasteiger partial charge in [-0.2, -0.15) is 5.10 Å². The average molecular weight is 288 g/mol. The highest BCUT2D eigenvalue weighted by Gasteiger charge is 1.98. The molecule has 106 valence electrons. The lowest BCUT2D eigenvalue weighted by Gasteiger charge is -2.11. The molecule has 5 heteroatoms. The molecular formula is C15H20N4S. The Morgan fingerprint density at radius 1 is 1.30 bits per heavy atom. The largest absolute Gasteiger partial charge is 0.362 e. The number of nitrogens with one attached hydrogen (secondary N) is 2. The Bertz CT molecular complexity index is 577. The van der Waals surface area contributed by atoms with Crippen LogP contribution < -0.4 is 10.6 Å². The number of rotatable bonds is 5. The number of aryl methyl sites for hydroxylation is 3. The van der Waals surface area contributed by atoms with Crippen molar-refractivity contribution in [1.82, 2.24) is 15.1 Å². The van der Waals surface area contributed by atoms with E-state index in [-0.39, 0.29) is 0 Å². The van der Waals surface area contributed by atoms with E-state index in [9.17, 15) is 0 Å². The van der Waals surface area contributed by atoms with Gasteiger partial charge in [0, 0.05) is 25.0 Å². The van der Waals surface area contributed by atoms with Crippen molar-refractivity contribution in [1.29, 1.82) is 0 Å². The fourth-order valence-electron chi connectivity index (χ4n) is 1.93. The van der Waals surface area contributed by atoms with Crippen molar-refractivity contribution >= 4 is 23.0 Å². The Labute approximate surface area is 125 Å². The van der Waals surface area contributed by atoms with Gasteiger partial charge in [0.2, 0.25) is 0 Å². The van der Waals surface area contributed by atoms with Crippen LogP contribution in [0.3, 0.4) is 0 Å². The second-order valence-corrected chi connectivity index (χ2v) is 5.23. The third kappa shape index (κ3) is 4.66. The summed E-state index contributed by atoms with van der Waals surface area (Å²) in [4.78, 5) is 0. The third-order valence-corrected chi connectivity index (χ3v) is 3.15. The predicted molar refractivity (Wildman–Crippen MR) is 87.0 cm³/mol. The summed E-state index contributed by atoms with van der Waals surface area (Å²) < 4.78 is 1.95. The fraction of sp³-hybridized carbons (Fsp3) is 0.333. The first kappa shape index (κ1) is 14.5. The van der Waals surface area contributed by atoms with Crippen molar-refractivity contribution < 1.29 is 0 Å². The second-order valence-electron chi connectivity index (χ2n) is 4.82. The lowest BCUT2D eigenvalue weighted by molar-refractivity contribution is 0.570. The molecule has 0 aliphatic rings. The molecule has 2 rings (SSSR count). The minimum Gasteiger partial charge on any atom is -0.362 e. The first-order chi connectivity index (χ1) is 9.63. The number of hydrogen-bond acceptors (Lipinski definition) is 2. The van der Waals surface area contributed by atoms with Gasteiger partial charge in [-0.3, -0.25) is 4.68 Å². The van der Waals surface area contributed by atoms with Gasteiger partial charge in [-0.15, -0.1) is 0 Å². The van der Waals surface area contributed by atoms with Gasteiger partial charge in [-0.25, -0.2) is 0 Å². The van der Waals surface area contributed by atoms with E-state index in [0.717, 1.165) is 30.9 Å². The highest BCUT2D eigenvalue weighted by atomic mass is 32.1. The normalized spacial score (nSPS) is 10.3. The molecule has 1 aromatic heterocycles. The van der Waals surface area contributed by atoms with Gasteiger partial charge in [0.15, 0.2) is 5.11 Å². The van der Waals surface area contributed by atoms with E-state index in [4.69, 9.17) is 12.2 Å². The van der Waals surface area contributed by atoms with E-state index >= 15 is 0 Å². The molecule has 0 amide bonds. The maximum atomic E-state index is 5.27. The van der Waals surface area contributed by atoms with Crippen molar-refractivity contribution in [2.45, 2.75) is 26.8 Å². The zero-order chi connectivity index (χ0) is 14.4. The Morgan fingerprint density at radius 2 is 2.15 bits per heavy atom. The Hall–Kier alpha value is -1.88. The van der Waals surface area contributed by atoms with Crippen molar-refractivity contribution in [2.24, 2.45) is 0 Å². The zero-order valence-corrected chi connectivity index (χ0v) is 12.7. The van der Waals surface area contributed by atoms with Crippen LogP contribution in [0.25, 0.3) is 0 Å². The number of hydrogen-bond donors (Lipinski definition) is 2. The van der Waals surface area contributed by atoms with Crippen molar-refractivity contribution in [2.75, 3.05) is 11.9 Å². The quantitative estimate of drug-likeness (QED) is 0.656. The molecular weight excluding hydrogens is 268 g/mol. The molecule has 0 fully saturated rings. The molecule has 20 heavy (non-hydrogen) atoms. The lowest BCUT2D eigenvalue weighted by atomic mass is 10.2. The van der Waals surface area contributed by atoms with Gasteiger partial charge in [0.05, 0.1) is 5.69 Å². The fourth-order valence-corrected chi connectivity index (χ4v) is 2.15. The number of aromatic nitrogens is 2. The smallest absolute Gasteiger partial charge is 0.170 e. The summed E-state index contributed by atoms with van der Waals surface area (Å²) in [6.45, 7) is 5.79. The molecule has 0 radical (unpaired) electrons. The van der Waals surface area contributed by atoms with Gasteiger partial charge < -0.3 is 10.6 Å². The van der Waals surface area contributed by atoms with Crippen LogP contribution in [0, 0.1) is 13.8 Å². The maximum absolute atomic E-state index is 5.27. The minimum atomic E-state index is 0.659. The number of benzene rings is 1. The summed E-state index contributed by atoms with van der Waals surface area (Å²) >= 11 is 5.27. The molecule has 4 nitrogen and oxygen atoms in total. The lowest BCUT2D eigenvalue weighted by Crippen LogP contribution is -2.29. The Balaban J connectivity index is 1.67. The molecule has 0 spiro atoms. The van der Waals surface area contributed by atoms with Crippen molar-refractivity contribution in [3.05, 3.63) is 47.8 Å². The molecule has 0 saturated heterocycles. The molecule has 0 unspecified atom stereocenters. The van der Waals surface area contributed by atoms with E-state index in [0.29, 0.717) is 5.11 Å². The van der Waals surface area contributed by atoms with Crippen LogP contribution in [0.1, 0.15) is 17.7 Å². The van der Waals surface area contributed by atoms with Crippen LogP contribution in [-0.2, 0) is 6.54 Å². The standard InChI is InChI=1S/C15H20N4S/c1-12-5-3-6-14(11-12)17-15(20)16-8-4-9-19-10-7-13(2)18-19/h3,5-7,10-11H,4,8-9H2,1-2H3,(H2,16,17,20). The monoisotopic (exact) mass is 288 g/mol. The molecule has 2 aromatic rings. The molecule has 0 bridgehead atoms. The van der Waals surface area contributed by atoms with Crippen LogP contribution >= 0.6 is 12.2 Å². The molecule has 0 aliphatic heterocycles. The van der Waals surface area contributed by atoms with Gasteiger partial charge in [0.1, 0.15) is 0 Å². The molecule has 0 atom stereocenters. The van der Waals surface area contributed by atoms with Gasteiger partial charge in [-0.05, 0) is 56.2 Å². The molecule has 0 aliphatic carbocycles. The number of nitrogens with zero attached hydrogens (tertiary/aromatic N) is 2. The predicted octanol–water partition coefficient (Wildman–Crippen LogP) is 2.88. The second kappa shape index (κ2) is 7.05. The molecule has 2 N–H and O–H groups in total. The van der Waals surface area contributed by atoms with E-state index in [1.807, 2.05) is 36.0 Å². The molecule has 1 aromatic carbocycles. The SMILES string of the molecule is Cc1cccc(NC(=S)NCCCn2ccc(C)n2)c1. The highest BCUT2D eigenvalue weighted by Crippen LogP contribution is 2.09. The van der Waals surface area contributed by atoms with Crippen LogP contribution in [0.4, 0.5) is 5.69 Å². The molecule has 1 heterocycles. The van der Waals surface area contributed by atoms with Crippen LogP contribution in [0.2, 0.25) is 0 Å². The van der Waals surface area contributed by atoms with Crippen LogP contribution in [0.5, 0.6) is 0 Å². The third-order valence-electron chi connectivity index (χ3n) is 2.90. The summed E-state index contributed by atoms with van der Waals surface area (Å²) in [6.07, 6.45) is 2.98. The average Bonchev–Trinajstić information content (AvgIpc) is 2.80. The Morgan fingerprint density at radius 3 is 2.85 bits per heavy atom.